The number of rotatable bonds is 13. The summed E-state index contributed by atoms with van der Waals surface area (Å²) in [5.41, 5.74) is 0. The zero-order valence-electron chi connectivity index (χ0n) is 13.5. The van der Waals surface area contributed by atoms with Crippen molar-refractivity contribution in [1.29, 1.82) is 0 Å². The van der Waals surface area contributed by atoms with E-state index < -0.39 is 0 Å². The van der Waals surface area contributed by atoms with Gasteiger partial charge in [-0.25, -0.2) is 0 Å². The van der Waals surface area contributed by atoms with Gasteiger partial charge in [0, 0.05) is 12.5 Å². The molecule has 0 saturated carbocycles. The van der Waals surface area contributed by atoms with Gasteiger partial charge in [0.05, 0.1) is 6.26 Å². The third-order valence-electron chi connectivity index (χ3n) is 3.97. The minimum atomic E-state index is 0.653. The van der Waals surface area contributed by atoms with Gasteiger partial charge in [-0.3, -0.25) is 0 Å². The number of hydrogen-bond acceptors (Lipinski definition) is 2. The molecule has 0 saturated heterocycles. The third-order valence-corrected chi connectivity index (χ3v) is 3.97. The first-order chi connectivity index (χ1) is 9.86. The van der Waals surface area contributed by atoms with E-state index in [0.29, 0.717) is 6.04 Å². The van der Waals surface area contributed by atoms with Crippen molar-refractivity contribution in [3.8, 4) is 0 Å². The van der Waals surface area contributed by atoms with E-state index in [4.69, 9.17) is 4.42 Å². The highest BCUT2D eigenvalue weighted by Gasteiger charge is 2.08. The summed E-state index contributed by atoms with van der Waals surface area (Å²) in [6, 6.07) is 4.71. The molecule has 1 heterocycles. The number of nitrogens with one attached hydrogen (secondary N) is 1. The summed E-state index contributed by atoms with van der Waals surface area (Å²) in [5, 5.41) is 3.61. The van der Waals surface area contributed by atoms with Crippen molar-refractivity contribution >= 4 is 0 Å². The van der Waals surface area contributed by atoms with Crippen LogP contribution in [-0.2, 0) is 6.42 Å². The number of unbranched alkanes of at least 4 members (excludes halogenated alkanes) is 6. The predicted molar refractivity (Wildman–Crippen MR) is 87.1 cm³/mol. The second kappa shape index (κ2) is 12.0. The lowest BCUT2D eigenvalue weighted by atomic mass is 10.0. The summed E-state index contributed by atoms with van der Waals surface area (Å²) in [5.74, 6) is 1.12. The molecular formula is C18H33NO. The van der Waals surface area contributed by atoms with Crippen LogP contribution >= 0.6 is 0 Å². The van der Waals surface area contributed by atoms with Gasteiger partial charge in [-0.1, -0.05) is 58.8 Å². The van der Waals surface area contributed by atoms with E-state index in [0.717, 1.165) is 18.7 Å². The maximum Gasteiger partial charge on any atom is 0.103 e. The van der Waals surface area contributed by atoms with Crippen LogP contribution in [0, 0.1) is 0 Å². The Hall–Kier alpha value is -0.760. The minimum Gasteiger partial charge on any atom is -0.469 e. The molecule has 0 fully saturated rings. The van der Waals surface area contributed by atoms with Gasteiger partial charge in [0.15, 0.2) is 0 Å². The summed E-state index contributed by atoms with van der Waals surface area (Å²) in [7, 11) is 0. The van der Waals surface area contributed by atoms with Gasteiger partial charge in [-0.15, -0.1) is 0 Å². The van der Waals surface area contributed by atoms with Crippen molar-refractivity contribution in [3.05, 3.63) is 24.2 Å². The molecule has 1 aromatic rings. The Morgan fingerprint density at radius 2 is 1.75 bits per heavy atom. The van der Waals surface area contributed by atoms with Gasteiger partial charge in [0.1, 0.15) is 5.76 Å². The van der Waals surface area contributed by atoms with Gasteiger partial charge in [-0.05, 0) is 31.5 Å². The van der Waals surface area contributed by atoms with Crippen LogP contribution in [0.1, 0.15) is 77.4 Å². The Bertz CT molecular complexity index is 294. The van der Waals surface area contributed by atoms with Crippen molar-refractivity contribution in [2.24, 2.45) is 0 Å². The van der Waals surface area contributed by atoms with Crippen LogP contribution in [0.4, 0.5) is 0 Å². The molecule has 1 aromatic heterocycles. The van der Waals surface area contributed by atoms with Crippen LogP contribution in [0.25, 0.3) is 0 Å². The van der Waals surface area contributed by atoms with E-state index in [1.807, 2.05) is 6.07 Å². The van der Waals surface area contributed by atoms with Gasteiger partial charge >= 0.3 is 0 Å². The minimum absolute atomic E-state index is 0.653. The normalized spacial score (nSPS) is 12.7. The summed E-state index contributed by atoms with van der Waals surface area (Å²) in [6.45, 7) is 5.55. The lowest BCUT2D eigenvalue weighted by Gasteiger charge is -2.17. The molecule has 1 atom stereocenters. The molecular weight excluding hydrogens is 246 g/mol. The van der Waals surface area contributed by atoms with E-state index in [1.54, 1.807) is 6.26 Å². The van der Waals surface area contributed by atoms with Gasteiger partial charge in [-0.2, -0.15) is 0 Å². The first-order valence-corrected chi connectivity index (χ1v) is 8.62. The topological polar surface area (TPSA) is 25.2 Å². The monoisotopic (exact) mass is 279 g/mol. The SMILES string of the molecule is CCCCCCCCCC(CCc1ccco1)NCC. The molecule has 2 heteroatoms. The van der Waals surface area contributed by atoms with Gasteiger partial charge < -0.3 is 9.73 Å². The Labute approximate surface area is 125 Å². The number of furan rings is 1. The molecule has 2 nitrogen and oxygen atoms in total. The average Bonchev–Trinajstić information content (AvgIpc) is 2.97. The molecule has 0 spiro atoms. The smallest absolute Gasteiger partial charge is 0.103 e. The van der Waals surface area contributed by atoms with Crippen molar-refractivity contribution < 1.29 is 4.42 Å². The Morgan fingerprint density at radius 3 is 2.40 bits per heavy atom. The Kier molecular flexibility index (Phi) is 10.4. The maximum absolute atomic E-state index is 5.41. The van der Waals surface area contributed by atoms with Crippen LogP contribution in [0.15, 0.2) is 22.8 Å². The second-order valence-corrected chi connectivity index (χ2v) is 5.78. The number of hydrogen-bond donors (Lipinski definition) is 1. The first-order valence-electron chi connectivity index (χ1n) is 8.62. The van der Waals surface area contributed by atoms with Crippen LogP contribution in [0.5, 0.6) is 0 Å². The molecule has 0 bridgehead atoms. The van der Waals surface area contributed by atoms with E-state index in [2.05, 4.69) is 25.2 Å². The highest BCUT2D eigenvalue weighted by molar-refractivity contribution is 4.98. The molecule has 1 unspecified atom stereocenters. The summed E-state index contributed by atoms with van der Waals surface area (Å²) >= 11 is 0. The summed E-state index contributed by atoms with van der Waals surface area (Å²) < 4.78 is 5.41. The lowest BCUT2D eigenvalue weighted by molar-refractivity contribution is 0.416. The van der Waals surface area contributed by atoms with E-state index in [9.17, 15) is 0 Å². The fraction of sp³-hybridized carbons (Fsp3) is 0.778. The number of aryl methyl sites for hydroxylation is 1. The van der Waals surface area contributed by atoms with Crippen molar-refractivity contribution in [3.63, 3.8) is 0 Å². The third kappa shape index (κ3) is 8.42. The molecule has 0 amide bonds. The fourth-order valence-corrected chi connectivity index (χ4v) is 2.76. The zero-order chi connectivity index (χ0) is 14.5. The van der Waals surface area contributed by atoms with Gasteiger partial charge in [0.25, 0.3) is 0 Å². The highest BCUT2D eigenvalue weighted by Crippen LogP contribution is 2.13. The van der Waals surface area contributed by atoms with Crippen molar-refractivity contribution in [1.82, 2.24) is 5.32 Å². The molecule has 0 aliphatic heterocycles. The first kappa shape index (κ1) is 17.3. The van der Waals surface area contributed by atoms with E-state index in [1.165, 1.54) is 57.8 Å². The molecule has 0 aliphatic carbocycles. The quantitative estimate of drug-likeness (QED) is 0.494. The van der Waals surface area contributed by atoms with Crippen LogP contribution in [0.3, 0.4) is 0 Å². The standard InChI is InChI=1S/C18H33NO/c1-3-5-6-7-8-9-10-12-17(19-4-2)14-15-18-13-11-16-20-18/h11,13,16-17,19H,3-10,12,14-15H2,1-2H3. The fourth-order valence-electron chi connectivity index (χ4n) is 2.76. The molecule has 0 aromatic carbocycles. The van der Waals surface area contributed by atoms with E-state index >= 15 is 0 Å². The Balaban J connectivity index is 2.06. The van der Waals surface area contributed by atoms with Crippen LogP contribution in [0.2, 0.25) is 0 Å². The van der Waals surface area contributed by atoms with Crippen LogP contribution < -0.4 is 5.32 Å². The van der Waals surface area contributed by atoms with Crippen molar-refractivity contribution in [2.45, 2.75) is 84.1 Å². The molecule has 116 valence electrons. The van der Waals surface area contributed by atoms with Crippen LogP contribution in [-0.4, -0.2) is 12.6 Å². The van der Waals surface area contributed by atoms with E-state index in [-0.39, 0.29) is 0 Å². The summed E-state index contributed by atoms with van der Waals surface area (Å²) in [6.07, 6.45) is 15.1. The highest BCUT2D eigenvalue weighted by atomic mass is 16.3. The zero-order valence-corrected chi connectivity index (χ0v) is 13.5. The largest absolute Gasteiger partial charge is 0.469 e. The van der Waals surface area contributed by atoms with Gasteiger partial charge in [0.2, 0.25) is 0 Å². The molecule has 0 radical (unpaired) electrons. The lowest BCUT2D eigenvalue weighted by Crippen LogP contribution is -2.29. The molecule has 20 heavy (non-hydrogen) atoms. The molecule has 1 rings (SSSR count). The molecule has 0 aliphatic rings. The average molecular weight is 279 g/mol. The summed E-state index contributed by atoms with van der Waals surface area (Å²) in [4.78, 5) is 0. The Morgan fingerprint density at radius 1 is 1.00 bits per heavy atom. The molecule has 1 N–H and O–H groups in total. The van der Waals surface area contributed by atoms with Crippen molar-refractivity contribution in [2.75, 3.05) is 6.54 Å². The maximum atomic E-state index is 5.41. The second-order valence-electron chi connectivity index (χ2n) is 5.78. The predicted octanol–water partition coefficient (Wildman–Crippen LogP) is 5.33.